The summed E-state index contributed by atoms with van der Waals surface area (Å²) in [5.41, 5.74) is 0.651. The number of nitrogens with one attached hydrogen (secondary N) is 1. The lowest BCUT2D eigenvalue weighted by Crippen LogP contribution is -2.36. The number of thiophene rings is 1. The van der Waals surface area contributed by atoms with E-state index in [1.807, 2.05) is 0 Å². The molecule has 0 amide bonds. The highest BCUT2D eigenvalue weighted by Gasteiger charge is 2.25. The molecule has 0 bridgehead atoms. The molecule has 1 saturated carbocycles. The van der Waals surface area contributed by atoms with Crippen LogP contribution in [-0.2, 0) is 16.6 Å². The Bertz CT molecular complexity index is 487. The summed E-state index contributed by atoms with van der Waals surface area (Å²) in [6.45, 7) is 2.09. The lowest BCUT2D eigenvalue weighted by Gasteiger charge is -2.26. The largest absolute Gasteiger partial charge is 0.392 e. The van der Waals surface area contributed by atoms with E-state index in [9.17, 15) is 8.42 Å². The van der Waals surface area contributed by atoms with Crippen molar-refractivity contribution >= 4 is 21.4 Å². The van der Waals surface area contributed by atoms with E-state index in [-0.39, 0.29) is 12.6 Å². The molecule has 102 valence electrons. The highest BCUT2D eigenvalue weighted by atomic mass is 32.2. The lowest BCUT2D eigenvalue weighted by atomic mass is 9.88. The Kier molecular flexibility index (Phi) is 4.42. The van der Waals surface area contributed by atoms with Gasteiger partial charge in [-0.15, -0.1) is 11.3 Å². The van der Waals surface area contributed by atoms with Gasteiger partial charge in [0, 0.05) is 6.04 Å². The van der Waals surface area contributed by atoms with Gasteiger partial charge in [-0.3, -0.25) is 0 Å². The predicted octanol–water partition coefficient (Wildman–Crippen LogP) is 2.10. The van der Waals surface area contributed by atoms with Gasteiger partial charge in [-0.1, -0.05) is 6.92 Å². The van der Waals surface area contributed by atoms with Crippen LogP contribution in [0.3, 0.4) is 0 Å². The molecule has 1 aliphatic rings. The number of hydrogen-bond acceptors (Lipinski definition) is 4. The van der Waals surface area contributed by atoms with E-state index >= 15 is 0 Å². The van der Waals surface area contributed by atoms with Crippen LogP contribution >= 0.6 is 11.3 Å². The van der Waals surface area contributed by atoms with Gasteiger partial charge < -0.3 is 5.11 Å². The minimum Gasteiger partial charge on any atom is -0.392 e. The molecule has 0 spiro atoms. The summed E-state index contributed by atoms with van der Waals surface area (Å²) >= 11 is 1.16. The summed E-state index contributed by atoms with van der Waals surface area (Å²) < 4.78 is 27.3. The molecule has 4 nitrogen and oxygen atoms in total. The van der Waals surface area contributed by atoms with Gasteiger partial charge in [0.05, 0.1) is 6.61 Å². The molecular formula is C12H19NO3S2. The summed E-state index contributed by atoms with van der Waals surface area (Å²) in [5.74, 6) is 0.702. The van der Waals surface area contributed by atoms with Crippen molar-refractivity contribution in [2.45, 2.75) is 49.5 Å². The van der Waals surface area contributed by atoms with Crippen LogP contribution in [0.1, 0.15) is 38.2 Å². The van der Waals surface area contributed by atoms with Crippen molar-refractivity contribution in [1.82, 2.24) is 4.72 Å². The van der Waals surface area contributed by atoms with Gasteiger partial charge in [-0.05, 0) is 48.6 Å². The van der Waals surface area contributed by atoms with Crippen molar-refractivity contribution in [3.8, 4) is 0 Å². The Morgan fingerprint density at radius 2 is 2.06 bits per heavy atom. The molecule has 2 rings (SSSR count). The third-order valence-electron chi connectivity index (χ3n) is 3.41. The van der Waals surface area contributed by atoms with Crippen molar-refractivity contribution in [2.24, 2.45) is 5.92 Å². The van der Waals surface area contributed by atoms with Crippen LogP contribution in [0, 0.1) is 5.92 Å². The van der Waals surface area contributed by atoms with Crippen LogP contribution in [0.2, 0.25) is 0 Å². The SMILES string of the molecule is CC1CCC(NS(=O)(=O)c2cc(CO)cs2)CC1. The molecular weight excluding hydrogens is 270 g/mol. The maximum absolute atomic E-state index is 12.1. The molecule has 2 N–H and O–H groups in total. The van der Waals surface area contributed by atoms with Crippen LogP contribution < -0.4 is 4.72 Å². The zero-order valence-corrected chi connectivity index (χ0v) is 12.1. The van der Waals surface area contributed by atoms with Gasteiger partial charge >= 0.3 is 0 Å². The maximum Gasteiger partial charge on any atom is 0.250 e. The number of sulfonamides is 1. The molecule has 1 aliphatic carbocycles. The second-order valence-corrected chi connectivity index (χ2v) is 7.86. The first-order chi connectivity index (χ1) is 8.51. The molecule has 0 aliphatic heterocycles. The van der Waals surface area contributed by atoms with Gasteiger partial charge in [0.2, 0.25) is 10.0 Å². The maximum atomic E-state index is 12.1. The van der Waals surface area contributed by atoms with E-state index in [2.05, 4.69) is 11.6 Å². The van der Waals surface area contributed by atoms with E-state index in [0.29, 0.717) is 15.7 Å². The third-order valence-corrected chi connectivity index (χ3v) is 6.42. The first-order valence-electron chi connectivity index (χ1n) is 6.22. The Morgan fingerprint density at radius 3 is 2.61 bits per heavy atom. The molecule has 6 heteroatoms. The van der Waals surface area contributed by atoms with Crippen molar-refractivity contribution in [1.29, 1.82) is 0 Å². The van der Waals surface area contributed by atoms with Crippen molar-refractivity contribution in [2.75, 3.05) is 0 Å². The molecule has 0 saturated heterocycles. The summed E-state index contributed by atoms with van der Waals surface area (Å²) in [5, 5.41) is 10.6. The number of hydrogen-bond donors (Lipinski definition) is 2. The number of aliphatic hydroxyl groups excluding tert-OH is 1. The van der Waals surface area contributed by atoms with Gasteiger partial charge in [0.1, 0.15) is 4.21 Å². The van der Waals surface area contributed by atoms with Crippen LogP contribution in [-0.4, -0.2) is 19.6 Å². The fourth-order valence-electron chi connectivity index (χ4n) is 2.23. The zero-order valence-electron chi connectivity index (χ0n) is 10.4. The molecule has 0 radical (unpaired) electrons. The number of rotatable bonds is 4. The first-order valence-corrected chi connectivity index (χ1v) is 8.58. The van der Waals surface area contributed by atoms with E-state index in [4.69, 9.17) is 5.11 Å². The summed E-state index contributed by atoms with van der Waals surface area (Å²) in [7, 11) is -3.41. The normalized spacial score (nSPS) is 25.2. The molecule has 1 aromatic rings. The Balaban J connectivity index is 2.03. The van der Waals surface area contributed by atoms with E-state index in [1.165, 1.54) is 0 Å². The van der Waals surface area contributed by atoms with Gasteiger partial charge in [-0.25, -0.2) is 13.1 Å². The fraction of sp³-hybridized carbons (Fsp3) is 0.667. The predicted molar refractivity (Wildman–Crippen MR) is 72.0 cm³/mol. The minimum absolute atomic E-state index is 0.0610. The molecule has 0 aromatic carbocycles. The van der Waals surface area contributed by atoms with Crippen molar-refractivity contribution in [3.05, 3.63) is 17.0 Å². The van der Waals surface area contributed by atoms with Gasteiger partial charge in [-0.2, -0.15) is 0 Å². The highest BCUT2D eigenvalue weighted by molar-refractivity contribution is 7.91. The molecule has 0 atom stereocenters. The quantitative estimate of drug-likeness (QED) is 0.892. The molecule has 1 fully saturated rings. The average molecular weight is 289 g/mol. The monoisotopic (exact) mass is 289 g/mol. The Labute approximate surface area is 112 Å². The molecule has 0 unspecified atom stereocenters. The molecule has 18 heavy (non-hydrogen) atoms. The second kappa shape index (κ2) is 5.69. The summed E-state index contributed by atoms with van der Waals surface area (Å²) in [4.78, 5) is 0. The highest BCUT2D eigenvalue weighted by Crippen LogP contribution is 2.26. The van der Waals surface area contributed by atoms with Crippen LogP contribution in [0.15, 0.2) is 15.7 Å². The summed E-state index contributed by atoms with van der Waals surface area (Å²) in [6.07, 6.45) is 4.00. The van der Waals surface area contributed by atoms with Gasteiger partial charge in [0.25, 0.3) is 0 Å². The fourth-order valence-corrected chi connectivity index (χ4v) is 4.75. The van der Waals surface area contributed by atoms with E-state index in [0.717, 1.165) is 37.0 Å². The van der Waals surface area contributed by atoms with Crippen LogP contribution in [0.25, 0.3) is 0 Å². The Hall–Kier alpha value is -0.430. The standard InChI is InChI=1S/C12H19NO3S2/c1-9-2-4-11(5-3-9)13-18(15,16)12-6-10(7-14)8-17-12/h6,8-9,11,13-14H,2-5,7H2,1H3. The number of aliphatic hydroxyl groups is 1. The third kappa shape index (κ3) is 3.32. The van der Waals surface area contributed by atoms with E-state index < -0.39 is 10.0 Å². The van der Waals surface area contributed by atoms with Gasteiger partial charge in [0.15, 0.2) is 0 Å². The van der Waals surface area contributed by atoms with Crippen LogP contribution in [0.5, 0.6) is 0 Å². The minimum atomic E-state index is -3.41. The van der Waals surface area contributed by atoms with E-state index in [1.54, 1.807) is 11.4 Å². The lowest BCUT2D eigenvalue weighted by molar-refractivity contribution is 0.282. The van der Waals surface area contributed by atoms with Crippen molar-refractivity contribution in [3.63, 3.8) is 0 Å². The van der Waals surface area contributed by atoms with Crippen LogP contribution in [0.4, 0.5) is 0 Å². The summed E-state index contributed by atoms with van der Waals surface area (Å²) in [6, 6.07) is 1.60. The first kappa shape index (κ1) is 14.0. The average Bonchev–Trinajstić information content (AvgIpc) is 2.81. The molecule has 1 heterocycles. The second-order valence-electron chi connectivity index (χ2n) is 5.01. The van der Waals surface area contributed by atoms with Crippen molar-refractivity contribution < 1.29 is 13.5 Å². The zero-order chi connectivity index (χ0) is 13.2. The topological polar surface area (TPSA) is 66.4 Å². The Morgan fingerprint density at radius 1 is 1.39 bits per heavy atom. The smallest absolute Gasteiger partial charge is 0.250 e. The molecule has 1 aromatic heterocycles.